The number of nitriles is 1. The zero-order chi connectivity index (χ0) is 13.8. The van der Waals surface area contributed by atoms with E-state index in [-0.39, 0.29) is 6.04 Å². The zero-order valence-corrected chi connectivity index (χ0v) is 10.9. The second-order valence-electron chi connectivity index (χ2n) is 4.40. The van der Waals surface area contributed by atoms with Crippen molar-refractivity contribution in [2.45, 2.75) is 19.9 Å². The van der Waals surface area contributed by atoms with Crippen LogP contribution < -0.4 is 10.5 Å². The number of rotatable bonds is 3. The summed E-state index contributed by atoms with van der Waals surface area (Å²) in [6.07, 6.45) is 1.64. The van der Waals surface area contributed by atoms with Crippen LogP contribution in [0.4, 0.5) is 0 Å². The van der Waals surface area contributed by atoms with Gasteiger partial charge in [0.15, 0.2) is 0 Å². The Morgan fingerprint density at radius 1 is 1.32 bits per heavy atom. The number of benzene rings is 1. The van der Waals surface area contributed by atoms with E-state index >= 15 is 0 Å². The first-order chi connectivity index (χ1) is 9.10. The van der Waals surface area contributed by atoms with Crippen LogP contribution in [0.3, 0.4) is 0 Å². The number of hydrogen-bond donors (Lipinski definition) is 1. The fourth-order valence-corrected chi connectivity index (χ4v) is 1.63. The minimum atomic E-state index is -0.0993. The normalized spacial score (nSPS) is 11.7. The second kappa shape index (κ2) is 5.51. The van der Waals surface area contributed by atoms with Gasteiger partial charge in [-0.2, -0.15) is 5.26 Å². The van der Waals surface area contributed by atoms with Gasteiger partial charge < -0.3 is 10.5 Å². The summed E-state index contributed by atoms with van der Waals surface area (Å²) in [5.74, 6) is 1.29. The molecular weight excluding hydrogens is 238 g/mol. The molecule has 0 saturated heterocycles. The maximum Gasteiger partial charge on any atom is 0.145 e. The first-order valence-corrected chi connectivity index (χ1v) is 6.00. The molecular formula is C15H15N3O. The van der Waals surface area contributed by atoms with Gasteiger partial charge in [-0.3, -0.25) is 4.98 Å². The van der Waals surface area contributed by atoms with E-state index in [2.05, 4.69) is 11.1 Å². The Kier molecular flexibility index (Phi) is 3.79. The zero-order valence-electron chi connectivity index (χ0n) is 10.9. The molecule has 1 heterocycles. The molecule has 0 bridgehead atoms. The van der Waals surface area contributed by atoms with Crippen LogP contribution >= 0.6 is 0 Å². The van der Waals surface area contributed by atoms with E-state index in [0.717, 1.165) is 11.3 Å². The van der Waals surface area contributed by atoms with E-state index in [1.807, 2.05) is 32.0 Å². The van der Waals surface area contributed by atoms with Crippen molar-refractivity contribution in [1.82, 2.24) is 4.98 Å². The van der Waals surface area contributed by atoms with Gasteiger partial charge in [0.25, 0.3) is 0 Å². The lowest BCUT2D eigenvalue weighted by atomic mass is 10.1. The number of ether oxygens (including phenoxy) is 1. The molecule has 0 radical (unpaired) electrons. The number of hydrogen-bond acceptors (Lipinski definition) is 4. The van der Waals surface area contributed by atoms with Gasteiger partial charge in [-0.25, -0.2) is 0 Å². The molecule has 2 N–H and O–H groups in total. The molecule has 0 aliphatic rings. The van der Waals surface area contributed by atoms with E-state index in [1.165, 1.54) is 0 Å². The summed E-state index contributed by atoms with van der Waals surface area (Å²) >= 11 is 0. The van der Waals surface area contributed by atoms with Crippen LogP contribution in [0.25, 0.3) is 0 Å². The number of pyridine rings is 1. The first-order valence-electron chi connectivity index (χ1n) is 6.00. The van der Waals surface area contributed by atoms with Crippen molar-refractivity contribution < 1.29 is 4.74 Å². The third-order valence-electron chi connectivity index (χ3n) is 2.77. The molecule has 2 aromatic rings. The number of aromatic nitrogens is 1. The van der Waals surface area contributed by atoms with Crippen LogP contribution in [0.15, 0.2) is 36.5 Å². The molecule has 0 saturated carbocycles. The summed E-state index contributed by atoms with van der Waals surface area (Å²) < 4.78 is 5.73. The van der Waals surface area contributed by atoms with Crippen LogP contribution in [-0.4, -0.2) is 4.98 Å². The molecule has 4 heteroatoms. The molecule has 4 nitrogen and oxygen atoms in total. The van der Waals surface area contributed by atoms with Crippen molar-refractivity contribution in [1.29, 1.82) is 5.26 Å². The van der Waals surface area contributed by atoms with Crippen molar-refractivity contribution in [2.75, 3.05) is 0 Å². The van der Waals surface area contributed by atoms with Crippen molar-refractivity contribution in [3.63, 3.8) is 0 Å². The minimum Gasteiger partial charge on any atom is -0.455 e. The highest BCUT2D eigenvalue weighted by Crippen LogP contribution is 2.25. The van der Waals surface area contributed by atoms with Crippen LogP contribution in [-0.2, 0) is 0 Å². The lowest BCUT2D eigenvalue weighted by Gasteiger charge is -2.10. The van der Waals surface area contributed by atoms with Crippen molar-refractivity contribution in [3.05, 3.63) is 53.3 Å². The SMILES string of the molecule is Cc1ccc(C#N)cc1Oc1ccc([C@H](C)N)nc1. The minimum absolute atomic E-state index is 0.0993. The Balaban J connectivity index is 2.24. The number of nitrogens with two attached hydrogens (primary N) is 1. The Bertz CT molecular complexity index is 612. The Hall–Kier alpha value is -2.38. The Morgan fingerprint density at radius 3 is 2.68 bits per heavy atom. The average molecular weight is 253 g/mol. The molecule has 0 spiro atoms. The molecule has 1 aromatic carbocycles. The molecule has 96 valence electrons. The summed E-state index contributed by atoms with van der Waals surface area (Å²) in [7, 11) is 0. The highest BCUT2D eigenvalue weighted by molar-refractivity contribution is 5.43. The van der Waals surface area contributed by atoms with Gasteiger partial charge in [-0.1, -0.05) is 6.07 Å². The third-order valence-corrected chi connectivity index (χ3v) is 2.77. The van der Waals surface area contributed by atoms with E-state index in [1.54, 1.807) is 18.3 Å². The van der Waals surface area contributed by atoms with Gasteiger partial charge in [-0.05, 0) is 43.7 Å². The molecule has 0 aliphatic carbocycles. The third kappa shape index (κ3) is 3.09. The van der Waals surface area contributed by atoms with Gasteiger partial charge in [0.1, 0.15) is 11.5 Å². The molecule has 0 fully saturated rings. The monoisotopic (exact) mass is 253 g/mol. The molecule has 2 rings (SSSR count). The predicted octanol–water partition coefficient (Wildman–Crippen LogP) is 3.07. The van der Waals surface area contributed by atoms with E-state index in [0.29, 0.717) is 17.1 Å². The fraction of sp³-hybridized carbons (Fsp3) is 0.200. The largest absolute Gasteiger partial charge is 0.455 e. The Labute approximate surface area is 112 Å². The van der Waals surface area contributed by atoms with Gasteiger partial charge in [0.05, 0.1) is 23.5 Å². The van der Waals surface area contributed by atoms with E-state index in [4.69, 9.17) is 15.7 Å². The quantitative estimate of drug-likeness (QED) is 0.912. The maximum atomic E-state index is 8.88. The molecule has 0 unspecified atom stereocenters. The molecule has 19 heavy (non-hydrogen) atoms. The summed E-state index contributed by atoms with van der Waals surface area (Å²) in [5, 5.41) is 8.88. The summed E-state index contributed by atoms with van der Waals surface area (Å²) in [4.78, 5) is 4.23. The highest BCUT2D eigenvalue weighted by atomic mass is 16.5. The lowest BCUT2D eigenvalue weighted by Crippen LogP contribution is -2.06. The molecule has 0 amide bonds. The topological polar surface area (TPSA) is 71.9 Å². The molecule has 1 aromatic heterocycles. The van der Waals surface area contributed by atoms with Gasteiger partial charge >= 0.3 is 0 Å². The summed E-state index contributed by atoms with van der Waals surface area (Å²) in [6.45, 7) is 3.81. The number of nitrogens with zero attached hydrogens (tertiary/aromatic N) is 2. The average Bonchev–Trinajstić information content (AvgIpc) is 2.42. The van der Waals surface area contributed by atoms with Crippen LogP contribution in [0.2, 0.25) is 0 Å². The molecule has 0 aliphatic heterocycles. The second-order valence-corrected chi connectivity index (χ2v) is 4.40. The van der Waals surface area contributed by atoms with E-state index in [9.17, 15) is 0 Å². The van der Waals surface area contributed by atoms with Crippen LogP contribution in [0, 0.1) is 18.3 Å². The van der Waals surface area contributed by atoms with Crippen molar-refractivity contribution in [2.24, 2.45) is 5.73 Å². The molecule has 1 atom stereocenters. The summed E-state index contributed by atoms with van der Waals surface area (Å²) in [5.41, 5.74) is 8.09. The highest BCUT2D eigenvalue weighted by Gasteiger charge is 2.05. The van der Waals surface area contributed by atoms with Gasteiger partial charge in [0.2, 0.25) is 0 Å². The van der Waals surface area contributed by atoms with Crippen molar-refractivity contribution >= 4 is 0 Å². The fourth-order valence-electron chi connectivity index (χ4n) is 1.63. The van der Waals surface area contributed by atoms with Crippen LogP contribution in [0.5, 0.6) is 11.5 Å². The smallest absolute Gasteiger partial charge is 0.145 e. The number of aryl methyl sites for hydroxylation is 1. The van der Waals surface area contributed by atoms with Crippen molar-refractivity contribution in [3.8, 4) is 17.6 Å². The van der Waals surface area contributed by atoms with E-state index < -0.39 is 0 Å². The van der Waals surface area contributed by atoms with Gasteiger partial charge in [-0.15, -0.1) is 0 Å². The Morgan fingerprint density at radius 2 is 2.11 bits per heavy atom. The first kappa shape index (κ1) is 13.1. The predicted molar refractivity (Wildman–Crippen MR) is 72.8 cm³/mol. The summed E-state index contributed by atoms with van der Waals surface area (Å²) in [6, 6.07) is 11.0. The lowest BCUT2D eigenvalue weighted by molar-refractivity contribution is 0.475. The van der Waals surface area contributed by atoms with Crippen LogP contribution in [0.1, 0.15) is 29.8 Å². The van der Waals surface area contributed by atoms with Gasteiger partial charge in [0, 0.05) is 6.04 Å². The maximum absolute atomic E-state index is 8.88. The standard InChI is InChI=1S/C15H15N3O/c1-10-3-4-12(8-16)7-15(10)19-13-5-6-14(11(2)17)18-9-13/h3-7,9,11H,17H2,1-2H3/t11-/m0/s1.